The molecule has 0 saturated carbocycles. The molecule has 0 aliphatic rings. The van der Waals surface area contributed by atoms with E-state index in [-0.39, 0.29) is 4.90 Å². The van der Waals surface area contributed by atoms with Crippen LogP contribution in [-0.2, 0) is 16.6 Å². The maximum absolute atomic E-state index is 12.3. The van der Waals surface area contributed by atoms with Crippen molar-refractivity contribution < 1.29 is 8.42 Å². The first-order chi connectivity index (χ1) is 9.42. The summed E-state index contributed by atoms with van der Waals surface area (Å²) < 4.78 is 27.0. The number of nitrogens with one attached hydrogen (secondary N) is 1. The third-order valence-electron chi connectivity index (χ3n) is 2.97. The molecule has 0 aliphatic heterocycles. The van der Waals surface area contributed by atoms with Crippen LogP contribution in [0.25, 0.3) is 0 Å². The fourth-order valence-corrected chi connectivity index (χ4v) is 2.95. The van der Waals surface area contributed by atoms with E-state index in [1.807, 2.05) is 6.92 Å². The van der Waals surface area contributed by atoms with Crippen LogP contribution >= 0.6 is 0 Å². The summed E-state index contributed by atoms with van der Waals surface area (Å²) in [5.74, 6) is 0.311. The topological polar surface area (TPSA) is 85.1 Å². The zero-order valence-electron chi connectivity index (χ0n) is 11.4. The van der Waals surface area contributed by atoms with Crippen LogP contribution in [0.1, 0.15) is 16.8 Å². The van der Waals surface area contributed by atoms with Gasteiger partial charge in [-0.15, -0.1) is 0 Å². The van der Waals surface area contributed by atoms with Gasteiger partial charge in [-0.2, -0.15) is 0 Å². The summed E-state index contributed by atoms with van der Waals surface area (Å²) in [5, 5.41) is 0. The van der Waals surface area contributed by atoms with E-state index < -0.39 is 10.0 Å². The monoisotopic (exact) mass is 291 g/mol. The molecule has 0 saturated heterocycles. The first kappa shape index (κ1) is 14.5. The second-order valence-electron chi connectivity index (χ2n) is 4.56. The molecule has 0 unspecified atom stereocenters. The standard InChI is InChI=1S/C14H17N3O2S/c1-10-8-13(7-6-12(10)9-15)20(18,19)17-14-5-3-4-11(2)16-14/h3-8H,9,15H2,1-2H3,(H,16,17). The molecular weight excluding hydrogens is 274 g/mol. The summed E-state index contributed by atoms with van der Waals surface area (Å²) in [6.45, 7) is 4.03. The van der Waals surface area contributed by atoms with Crippen molar-refractivity contribution in [1.29, 1.82) is 0 Å². The van der Waals surface area contributed by atoms with Gasteiger partial charge in [0.25, 0.3) is 10.0 Å². The number of benzene rings is 1. The predicted octanol–water partition coefficient (Wildman–Crippen LogP) is 1.96. The molecule has 20 heavy (non-hydrogen) atoms. The number of nitrogens with zero attached hydrogens (tertiary/aromatic N) is 1. The second-order valence-corrected chi connectivity index (χ2v) is 6.24. The van der Waals surface area contributed by atoms with Crippen LogP contribution in [0.15, 0.2) is 41.3 Å². The van der Waals surface area contributed by atoms with Gasteiger partial charge in [0.15, 0.2) is 0 Å². The molecule has 2 aromatic rings. The van der Waals surface area contributed by atoms with Gasteiger partial charge in [0.1, 0.15) is 5.82 Å². The number of hydrogen-bond acceptors (Lipinski definition) is 4. The number of aryl methyl sites for hydroxylation is 2. The van der Waals surface area contributed by atoms with E-state index in [9.17, 15) is 8.42 Å². The SMILES string of the molecule is Cc1cccc(NS(=O)(=O)c2ccc(CN)c(C)c2)n1. The van der Waals surface area contributed by atoms with E-state index in [4.69, 9.17) is 5.73 Å². The normalized spacial score (nSPS) is 11.3. The lowest BCUT2D eigenvalue weighted by atomic mass is 10.1. The van der Waals surface area contributed by atoms with E-state index in [0.29, 0.717) is 12.4 Å². The molecule has 0 radical (unpaired) electrons. The largest absolute Gasteiger partial charge is 0.326 e. The molecular formula is C14H17N3O2S. The Balaban J connectivity index is 2.33. The molecule has 106 valence electrons. The highest BCUT2D eigenvalue weighted by atomic mass is 32.2. The summed E-state index contributed by atoms with van der Waals surface area (Å²) >= 11 is 0. The highest BCUT2D eigenvalue weighted by molar-refractivity contribution is 7.92. The van der Waals surface area contributed by atoms with Gasteiger partial charge in [0.2, 0.25) is 0 Å². The zero-order chi connectivity index (χ0) is 14.8. The number of aromatic nitrogens is 1. The molecule has 0 fully saturated rings. The minimum atomic E-state index is -3.63. The molecule has 0 atom stereocenters. The smallest absolute Gasteiger partial charge is 0.263 e. The van der Waals surface area contributed by atoms with Crippen molar-refractivity contribution in [2.24, 2.45) is 5.73 Å². The van der Waals surface area contributed by atoms with Crippen LogP contribution in [0.3, 0.4) is 0 Å². The minimum Gasteiger partial charge on any atom is -0.326 e. The van der Waals surface area contributed by atoms with Gasteiger partial charge >= 0.3 is 0 Å². The molecule has 0 spiro atoms. The Morgan fingerprint density at radius 1 is 1.20 bits per heavy atom. The molecule has 0 amide bonds. The van der Waals surface area contributed by atoms with Crippen molar-refractivity contribution in [1.82, 2.24) is 4.98 Å². The highest BCUT2D eigenvalue weighted by Crippen LogP contribution is 2.18. The maximum Gasteiger partial charge on any atom is 0.263 e. The highest BCUT2D eigenvalue weighted by Gasteiger charge is 2.15. The summed E-state index contributed by atoms with van der Waals surface area (Å²) in [6.07, 6.45) is 0. The van der Waals surface area contributed by atoms with Gasteiger partial charge in [0.05, 0.1) is 4.90 Å². The average molecular weight is 291 g/mol. The van der Waals surface area contributed by atoms with Crippen molar-refractivity contribution in [3.05, 3.63) is 53.2 Å². The molecule has 2 rings (SSSR count). The molecule has 0 bridgehead atoms. The summed E-state index contributed by atoms with van der Waals surface area (Å²) in [5.41, 5.74) is 8.11. The van der Waals surface area contributed by atoms with Gasteiger partial charge in [-0.25, -0.2) is 13.4 Å². The van der Waals surface area contributed by atoms with Gasteiger partial charge in [0, 0.05) is 12.2 Å². The fourth-order valence-electron chi connectivity index (χ4n) is 1.86. The quantitative estimate of drug-likeness (QED) is 0.901. The number of anilines is 1. The van der Waals surface area contributed by atoms with Gasteiger partial charge in [-0.1, -0.05) is 12.1 Å². The Morgan fingerprint density at radius 2 is 1.95 bits per heavy atom. The lowest BCUT2D eigenvalue weighted by Gasteiger charge is -2.10. The molecule has 5 nitrogen and oxygen atoms in total. The van der Waals surface area contributed by atoms with Crippen LogP contribution in [0, 0.1) is 13.8 Å². The first-order valence-electron chi connectivity index (χ1n) is 6.18. The van der Waals surface area contributed by atoms with Gasteiger partial charge in [-0.3, -0.25) is 4.72 Å². The molecule has 1 aromatic heterocycles. The van der Waals surface area contributed by atoms with Crippen molar-refractivity contribution in [2.45, 2.75) is 25.3 Å². The third kappa shape index (κ3) is 3.15. The molecule has 1 heterocycles. The van der Waals surface area contributed by atoms with Crippen LogP contribution < -0.4 is 10.5 Å². The Morgan fingerprint density at radius 3 is 2.55 bits per heavy atom. The van der Waals surface area contributed by atoms with Crippen molar-refractivity contribution in [3.63, 3.8) is 0 Å². The van der Waals surface area contributed by atoms with E-state index in [0.717, 1.165) is 16.8 Å². The van der Waals surface area contributed by atoms with Gasteiger partial charge in [-0.05, 0) is 49.2 Å². The van der Waals surface area contributed by atoms with Gasteiger partial charge < -0.3 is 5.73 Å². The molecule has 6 heteroatoms. The minimum absolute atomic E-state index is 0.204. The van der Waals surface area contributed by atoms with Crippen molar-refractivity contribution in [3.8, 4) is 0 Å². The van der Waals surface area contributed by atoms with E-state index in [1.54, 1.807) is 43.3 Å². The Hall–Kier alpha value is -1.92. The number of hydrogen-bond donors (Lipinski definition) is 2. The maximum atomic E-state index is 12.3. The summed E-state index contributed by atoms with van der Waals surface area (Å²) in [4.78, 5) is 4.33. The van der Waals surface area contributed by atoms with Crippen LogP contribution in [0.5, 0.6) is 0 Å². The van der Waals surface area contributed by atoms with Crippen LogP contribution in [-0.4, -0.2) is 13.4 Å². The molecule has 0 aliphatic carbocycles. The Kier molecular flexibility index (Phi) is 4.06. The first-order valence-corrected chi connectivity index (χ1v) is 7.67. The van der Waals surface area contributed by atoms with E-state index in [2.05, 4.69) is 9.71 Å². The lowest BCUT2D eigenvalue weighted by molar-refractivity contribution is 0.601. The van der Waals surface area contributed by atoms with Crippen molar-refractivity contribution >= 4 is 15.8 Å². The number of rotatable bonds is 4. The van der Waals surface area contributed by atoms with E-state index >= 15 is 0 Å². The Labute approximate surface area is 118 Å². The molecule has 1 aromatic carbocycles. The summed E-state index contributed by atoms with van der Waals surface area (Å²) in [7, 11) is -3.63. The lowest BCUT2D eigenvalue weighted by Crippen LogP contribution is -2.14. The number of pyridine rings is 1. The van der Waals surface area contributed by atoms with E-state index in [1.165, 1.54) is 0 Å². The van der Waals surface area contributed by atoms with Crippen LogP contribution in [0.2, 0.25) is 0 Å². The third-order valence-corrected chi connectivity index (χ3v) is 4.32. The fraction of sp³-hybridized carbons (Fsp3) is 0.214. The number of sulfonamides is 1. The average Bonchev–Trinajstić information content (AvgIpc) is 2.38. The van der Waals surface area contributed by atoms with Crippen molar-refractivity contribution in [2.75, 3.05) is 4.72 Å². The zero-order valence-corrected chi connectivity index (χ0v) is 12.2. The Bertz CT molecular complexity index is 727. The molecule has 3 N–H and O–H groups in total. The predicted molar refractivity (Wildman–Crippen MR) is 78.9 cm³/mol. The number of nitrogens with two attached hydrogens (primary N) is 1. The summed E-state index contributed by atoms with van der Waals surface area (Å²) in [6, 6.07) is 10.1. The second kappa shape index (κ2) is 5.60. The van der Waals surface area contributed by atoms with Crippen LogP contribution in [0.4, 0.5) is 5.82 Å².